The average Bonchev–Trinajstić information content (AvgIpc) is 2.26. The highest BCUT2D eigenvalue weighted by molar-refractivity contribution is 5.48. The molecule has 17 heavy (non-hydrogen) atoms. The zero-order valence-electron chi connectivity index (χ0n) is 10.7. The summed E-state index contributed by atoms with van der Waals surface area (Å²) in [6, 6.07) is 4.70. The number of aliphatic hydroxyl groups is 1. The maximum Gasteiger partial charge on any atom is 0.125 e. The number of hydrogen-bond donors (Lipinski definition) is 2. The Kier molecular flexibility index (Phi) is 4.48. The first-order valence-corrected chi connectivity index (χ1v) is 5.60. The zero-order valence-corrected chi connectivity index (χ0v) is 10.7. The molecule has 0 bridgehead atoms. The van der Waals surface area contributed by atoms with Crippen molar-refractivity contribution >= 4 is 5.69 Å². The van der Waals surface area contributed by atoms with Crippen LogP contribution in [0.25, 0.3) is 0 Å². The van der Waals surface area contributed by atoms with Gasteiger partial charge in [0.1, 0.15) is 5.82 Å². The lowest BCUT2D eigenvalue weighted by molar-refractivity contribution is 0.0380. The van der Waals surface area contributed by atoms with E-state index in [1.165, 1.54) is 12.1 Å². The maximum absolute atomic E-state index is 13.3. The SMILES string of the molecule is COC(C)C(C)(CO)Nc1cc(C)cc(F)c1. The summed E-state index contributed by atoms with van der Waals surface area (Å²) < 4.78 is 18.5. The van der Waals surface area contributed by atoms with Crippen LogP contribution in [0.15, 0.2) is 18.2 Å². The summed E-state index contributed by atoms with van der Waals surface area (Å²) >= 11 is 0. The van der Waals surface area contributed by atoms with Crippen LogP contribution in [0.4, 0.5) is 10.1 Å². The van der Waals surface area contributed by atoms with Crippen LogP contribution in [0.3, 0.4) is 0 Å². The Bertz CT molecular complexity index is 363. The monoisotopic (exact) mass is 241 g/mol. The van der Waals surface area contributed by atoms with Gasteiger partial charge >= 0.3 is 0 Å². The largest absolute Gasteiger partial charge is 0.394 e. The molecule has 1 aromatic rings. The van der Waals surface area contributed by atoms with Gasteiger partial charge in [-0.3, -0.25) is 0 Å². The smallest absolute Gasteiger partial charge is 0.125 e. The fourth-order valence-electron chi connectivity index (χ4n) is 1.67. The van der Waals surface area contributed by atoms with Gasteiger partial charge in [-0.2, -0.15) is 0 Å². The summed E-state index contributed by atoms with van der Waals surface area (Å²) in [5, 5.41) is 12.6. The maximum atomic E-state index is 13.3. The van der Waals surface area contributed by atoms with E-state index in [1.54, 1.807) is 7.11 Å². The molecular weight excluding hydrogens is 221 g/mol. The van der Waals surface area contributed by atoms with E-state index < -0.39 is 5.54 Å². The molecule has 4 heteroatoms. The van der Waals surface area contributed by atoms with E-state index in [2.05, 4.69) is 5.32 Å². The van der Waals surface area contributed by atoms with Gasteiger partial charge in [-0.25, -0.2) is 4.39 Å². The Morgan fingerprint density at radius 3 is 2.59 bits per heavy atom. The minimum Gasteiger partial charge on any atom is -0.394 e. The molecule has 0 aliphatic carbocycles. The topological polar surface area (TPSA) is 41.5 Å². The van der Waals surface area contributed by atoms with Gasteiger partial charge in [0.05, 0.1) is 18.2 Å². The lowest BCUT2D eigenvalue weighted by Crippen LogP contribution is -2.49. The fraction of sp³-hybridized carbons (Fsp3) is 0.538. The van der Waals surface area contributed by atoms with Crippen molar-refractivity contribution in [2.24, 2.45) is 0 Å². The predicted molar refractivity (Wildman–Crippen MR) is 66.7 cm³/mol. The Morgan fingerprint density at radius 1 is 1.47 bits per heavy atom. The molecule has 2 unspecified atom stereocenters. The minimum atomic E-state index is -0.644. The van der Waals surface area contributed by atoms with Crippen molar-refractivity contribution in [1.29, 1.82) is 0 Å². The second-order valence-electron chi connectivity index (χ2n) is 4.60. The third-order valence-corrected chi connectivity index (χ3v) is 3.05. The number of aliphatic hydroxyl groups excluding tert-OH is 1. The van der Waals surface area contributed by atoms with Gasteiger partial charge in [0.15, 0.2) is 0 Å². The second kappa shape index (κ2) is 5.47. The minimum absolute atomic E-state index is 0.0996. The summed E-state index contributed by atoms with van der Waals surface area (Å²) in [7, 11) is 1.58. The van der Waals surface area contributed by atoms with Crippen LogP contribution in [-0.2, 0) is 4.74 Å². The second-order valence-corrected chi connectivity index (χ2v) is 4.60. The van der Waals surface area contributed by atoms with Crippen molar-refractivity contribution in [3.63, 3.8) is 0 Å². The molecule has 0 amide bonds. The van der Waals surface area contributed by atoms with Gasteiger partial charge in [0.25, 0.3) is 0 Å². The molecule has 0 radical (unpaired) electrons. The van der Waals surface area contributed by atoms with Gasteiger partial charge in [-0.1, -0.05) is 0 Å². The molecule has 0 aliphatic heterocycles. The average molecular weight is 241 g/mol. The van der Waals surface area contributed by atoms with Crippen molar-refractivity contribution in [1.82, 2.24) is 0 Å². The number of nitrogens with one attached hydrogen (secondary N) is 1. The Balaban J connectivity index is 2.94. The van der Waals surface area contributed by atoms with Crippen LogP contribution in [-0.4, -0.2) is 30.5 Å². The number of halogens is 1. The number of aryl methyl sites for hydroxylation is 1. The van der Waals surface area contributed by atoms with Crippen molar-refractivity contribution in [2.45, 2.75) is 32.4 Å². The van der Waals surface area contributed by atoms with Gasteiger partial charge < -0.3 is 15.2 Å². The van der Waals surface area contributed by atoms with E-state index >= 15 is 0 Å². The molecule has 0 heterocycles. The molecule has 3 nitrogen and oxygen atoms in total. The van der Waals surface area contributed by atoms with Crippen molar-refractivity contribution < 1.29 is 14.2 Å². The van der Waals surface area contributed by atoms with Gasteiger partial charge in [0, 0.05) is 12.8 Å². The third-order valence-electron chi connectivity index (χ3n) is 3.05. The first-order chi connectivity index (χ1) is 7.91. The summed E-state index contributed by atoms with van der Waals surface area (Å²) in [5.41, 5.74) is 0.829. The Labute approximate surface area is 102 Å². The molecule has 1 aromatic carbocycles. The highest BCUT2D eigenvalue weighted by Crippen LogP contribution is 2.22. The van der Waals surface area contributed by atoms with E-state index in [-0.39, 0.29) is 18.5 Å². The van der Waals surface area contributed by atoms with Gasteiger partial charge in [-0.15, -0.1) is 0 Å². The highest BCUT2D eigenvalue weighted by Gasteiger charge is 2.30. The van der Waals surface area contributed by atoms with E-state index in [9.17, 15) is 9.50 Å². The lowest BCUT2D eigenvalue weighted by Gasteiger charge is -2.35. The molecule has 2 N–H and O–H groups in total. The molecule has 96 valence electrons. The first kappa shape index (κ1) is 13.9. The number of ether oxygens (including phenoxy) is 1. The molecule has 0 saturated heterocycles. The van der Waals surface area contributed by atoms with Gasteiger partial charge in [0.2, 0.25) is 0 Å². The Hall–Kier alpha value is -1.13. The molecule has 1 rings (SSSR count). The number of hydrogen-bond acceptors (Lipinski definition) is 3. The molecule has 0 saturated carbocycles. The van der Waals surface area contributed by atoms with Gasteiger partial charge in [-0.05, 0) is 44.5 Å². The summed E-state index contributed by atoms with van der Waals surface area (Å²) in [6.07, 6.45) is -0.198. The van der Waals surface area contributed by atoms with E-state index in [0.717, 1.165) is 5.56 Å². The van der Waals surface area contributed by atoms with Crippen LogP contribution in [0.2, 0.25) is 0 Å². The molecule has 0 aromatic heterocycles. The highest BCUT2D eigenvalue weighted by atomic mass is 19.1. The predicted octanol–water partition coefficient (Wildman–Crippen LogP) is 2.33. The van der Waals surface area contributed by atoms with Crippen molar-refractivity contribution in [3.05, 3.63) is 29.6 Å². The van der Waals surface area contributed by atoms with Crippen LogP contribution < -0.4 is 5.32 Å². The number of benzene rings is 1. The molecule has 0 aliphatic rings. The number of methoxy groups -OCH3 is 1. The van der Waals surface area contributed by atoms with Crippen molar-refractivity contribution in [3.8, 4) is 0 Å². The first-order valence-electron chi connectivity index (χ1n) is 5.60. The molecular formula is C13H20FNO2. The van der Waals surface area contributed by atoms with E-state index in [1.807, 2.05) is 26.8 Å². The van der Waals surface area contributed by atoms with E-state index in [0.29, 0.717) is 5.69 Å². The van der Waals surface area contributed by atoms with E-state index in [4.69, 9.17) is 4.74 Å². The van der Waals surface area contributed by atoms with Crippen LogP contribution in [0.5, 0.6) is 0 Å². The summed E-state index contributed by atoms with van der Waals surface area (Å²) in [6.45, 7) is 5.42. The quantitative estimate of drug-likeness (QED) is 0.831. The number of rotatable bonds is 5. The molecule has 0 fully saturated rings. The standard InChI is InChI=1S/C13H20FNO2/c1-9-5-11(14)7-12(6-9)15-13(3,8-16)10(2)17-4/h5-7,10,15-16H,8H2,1-4H3. The van der Waals surface area contributed by atoms with Crippen LogP contribution >= 0.6 is 0 Å². The summed E-state index contributed by atoms with van der Waals surface area (Å²) in [5.74, 6) is -0.294. The molecule has 2 atom stereocenters. The number of anilines is 1. The fourth-order valence-corrected chi connectivity index (χ4v) is 1.67. The summed E-state index contributed by atoms with van der Waals surface area (Å²) in [4.78, 5) is 0. The van der Waals surface area contributed by atoms with Crippen LogP contribution in [0, 0.1) is 12.7 Å². The van der Waals surface area contributed by atoms with Crippen molar-refractivity contribution in [2.75, 3.05) is 19.0 Å². The normalized spacial score (nSPS) is 16.4. The Morgan fingerprint density at radius 2 is 2.12 bits per heavy atom. The third kappa shape index (κ3) is 3.41. The zero-order chi connectivity index (χ0) is 13.1. The molecule has 0 spiro atoms. The lowest BCUT2D eigenvalue weighted by atomic mass is 9.96. The van der Waals surface area contributed by atoms with Crippen LogP contribution in [0.1, 0.15) is 19.4 Å².